The Hall–Kier alpha value is -2.62. The Bertz CT molecular complexity index is 653. The lowest BCUT2D eigenvalue weighted by molar-refractivity contribution is -0.117. The van der Waals surface area contributed by atoms with E-state index in [2.05, 4.69) is 5.32 Å². The summed E-state index contributed by atoms with van der Waals surface area (Å²) < 4.78 is 0. The monoisotopic (exact) mass is 296 g/mol. The summed E-state index contributed by atoms with van der Waals surface area (Å²) in [7, 11) is 0. The van der Waals surface area contributed by atoms with Crippen molar-refractivity contribution in [1.82, 2.24) is 0 Å². The summed E-state index contributed by atoms with van der Waals surface area (Å²) in [5.41, 5.74) is 2.67. The van der Waals surface area contributed by atoms with Gasteiger partial charge < -0.3 is 10.2 Å². The molecule has 2 aromatic rings. The fourth-order valence-corrected chi connectivity index (χ4v) is 2.24. The van der Waals surface area contributed by atoms with Gasteiger partial charge in [-0.05, 0) is 36.8 Å². The number of amides is 2. The first-order chi connectivity index (χ1) is 10.6. The predicted octanol–water partition coefficient (Wildman–Crippen LogP) is 3.38. The normalized spacial score (nSPS) is 10.1. The molecule has 0 bridgehead atoms. The number of nitrogens with one attached hydrogen (secondary N) is 1. The van der Waals surface area contributed by atoms with Gasteiger partial charge in [0, 0.05) is 31.3 Å². The maximum Gasteiger partial charge on any atom is 0.226 e. The number of para-hydroxylation sites is 1. The van der Waals surface area contributed by atoms with Crippen LogP contribution in [-0.4, -0.2) is 18.4 Å². The van der Waals surface area contributed by atoms with Crippen molar-refractivity contribution >= 4 is 23.2 Å². The molecule has 0 saturated carbocycles. The van der Waals surface area contributed by atoms with Crippen molar-refractivity contribution in [3.8, 4) is 0 Å². The standard InChI is InChI=1S/C18H20N2O2/c1-14-7-6-8-16(13-14)19-18(22)11-12-20(15(2)21)17-9-4-3-5-10-17/h3-10,13H,11-12H2,1-2H3,(H,19,22). The van der Waals surface area contributed by atoms with E-state index in [9.17, 15) is 9.59 Å². The van der Waals surface area contributed by atoms with Crippen LogP contribution in [0, 0.1) is 6.92 Å². The number of anilines is 2. The van der Waals surface area contributed by atoms with Crippen LogP contribution in [0.4, 0.5) is 11.4 Å². The predicted molar refractivity (Wildman–Crippen MR) is 88.9 cm³/mol. The molecule has 0 aliphatic rings. The highest BCUT2D eigenvalue weighted by Crippen LogP contribution is 2.14. The molecule has 2 aromatic carbocycles. The lowest BCUT2D eigenvalue weighted by Crippen LogP contribution is -2.31. The van der Waals surface area contributed by atoms with E-state index in [0.717, 1.165) is 16.9 Å². The largest absolute Gasteiger partial charge is 0.326 e. The van der Waals surface area contributed by atoms with Gasteiger partial charge in [0.1, 0.15) is 0 Å². The summed E-state index contributed by atoms with van der Waals surface area (Å²) in [6, 6.07) is 17.0. The number of carbonyl (C=O) groups is 2. The second-order valence-electron chi connectivity index (χ2n) is 5.17. The highest BCUT2D eigenvalue weighted by atomic mass is 16.2. The minimum Gasteiger partial charge on any atom is -0.326 e. The van der Waals surface area contributed by atoms with Crippen LogP contribution in [-0.2, 0) is 9.59 Å². The van der Waals surface area contributed by atoms with Crippen molar-refractivity contribution in [2.24, 2.45) is 0 Å². The van der Waals surface area contributed by atoms with E-state index in [1.54, 1.807) is 4.90 Å². The van der Waals surface area contributed by atoms with E-state index < -0.39 is 0 Å². The average molecular weight is 296 g/mol. The molecule has 0 unspecified atom stereocenters. The third kappa shape index (κ3) is 4.45. The van der Waals surface area contributed by atoms with E-state index in [4.69, 9.17) is 0 Å². The van der Waals surface area contributed by atoms with Crippen LogP contribution >= 0.6 is 0 Å². The highest BCUT2D eigenvalue weighted by molar-refractivity contribution is 5.94. The van der Waals surface area contributed by atoms with Crippen LogP contribution < -0.4 is 10.2 Å². The van der Waals surface area contributed by atoms with Gasteiger partial charge in [0.15, 0.2) is 0 Å². The number of hydrogen-bond acceptors (Lipinski definition) is 2. The number of nitrogens with zero attached hydrogens (tertiary/aromatic N) is 1. The first kappa shape index (κ1) is 15.8. The van der Waals surface area contributed by atoms with E-state index in [1.807, 2.05) is 61.5 Å². The maximum absolute atomic E-state index is 12.0. The van der Waals surface area contributed by atoms with Gasteiger partial charge in [-0.25, -0.2) is 0 Å². The molecule has 4 nitrogen and oxygen atoms in total. The number of aryl methyl sites for hydroxylation is 1. The number of rotatable bonds is 5. The van der Waals surface area contributed by atoms with Gasteiger partial charge in [-0.3, -0.25) is 9.59 Å². The van der Waals surface area contributed by atoms with Crippen LogP contribution in [0.1, 0.15) is 18.9 Å². The Morgan fingerprint density at radius 3 is 2.41 bits per heavy atom. The topological polar surface area (TPSA) is 49.4 Å². The molecule has 0 fully saturated rings. The molecule has 22 heavy (non-hydrogen) atoms. The molecule has 0 aromatic heterocycles. The van der Waals surface area contributed by atoms with Gasteiger partial charge >= 0.3 is 0 Å². The first-order valence-corrected chi connectivity index (χ1v) is 7.26. The van der Waals surface area contributed by atoms with E-state index in [0.29, 0.717) is 6.54 Å². The Kier molecular flexibility index (Phi) is 5.31. The highest BCUT2D eigenvalue weighted by Gasteiger charge is 2.13. The van der Waals surface area contributed by atoms with E-state index in [1.165, 1.54) is 6.92 Å². The van der Waals surface area contributed by atoms with Gasteiger partial charge in [0.05, 0.1) is 0 Å². The van der Waals surface area contributed by atoms with Crippen molar-refractivity contribution in [2.45, 2.75) is 20.3 Å². The number of carbonyl (C=O) groups excluding carboxylic acids is 2. The molecule has 0 saturated heterocycles. The molecule has 4 heteroatoms. The molecule has 0 atom stereocenters. The first-order valence-electron chi connectivity index (χ1n) is 7.26. The Balaban J connectivity index is 1.95. The van der Waals surface area contributed by atoms with Gasteiger partial charge in [-0.1, -0.05) is 30.3 Å². The summed E-state index contributed by atoms with van der Waals surface area (Å²) in [6.07, 6.45) is 0.252. The minimum absolute atomic E-state index is 0.0745. The SMILES string of the molecule is CC(=O)N(CCC(=O)Nc1cccc(C)c1)c1ccccc1. The second kappa shape index (κ2) is 7.41. The summed E-state index contributed by atoms with van der Waals surface area (Å²) in [5.74, 6) is -0.178. The van der Waals surface area contributed by atoms with Gasteiger partial charge in [-0.2, -0.15) is 0 Å². The van der Waals surface area contributed by atoms with Crippen LogP contribution in [0.5, 0.6) is 0 Å². The van der Waals surface area contributed by atoms with Gasteiger partial charge in [-0.15, -0.1) is 0 Å². The van der Waals surface area contributed by atoms with Gasteiger partial charge in [0.2, 0.25) is 11.8 Å². The van der Waals surface area contributed by atoms with Crippen LogP contribution in [0.3, 0.4) is 0 Å². The number of hydrogen-bond donors (Lipinski definition) is 1. The van der Waals surface area contributed by atoms with Crippen LogP contribution in [0.2, 0.25) is 0 Å². The van der Waals surface area contributed by atoms with Crippen molar-refractivity contribution in [2.75, 3.05) is 16.8 Å². The molecule has 0 aliphatic heterocycles. The van der Waals surface area contributed by atoms with Crippen molar-refractivity contribution < 1.29 is 9.59 Å². The lowest BCUT2D eigenvalue weighted by Gasteiger charge is -2.20. The number of benzene rings is 2. The Labute approximate surface area is 130 Å². The van der Waals surface area contributed by atoms with Crippen molar-refractivity contribution in [1.29, 1.82) is 0 Å². The fraction of sp³-hybridized carbons (Fsp3) is 0.222. The lowest BCUT2D eigenvalue weighted by atomic mass is 10.2. The van der Waals surface area contributed by atoms with Gasteiger partial charge in [0.25, 0.3) is 0 Å². The fourth-order valence-electron chi connectivity index (χ4n) is 2.24. The molecule has 0 radical (unpaired) electrons. The average Bonchev–Trinajstić information content (AvgIpc) is 2.48. The molecule has 0 spiro atoms. The second-order valence-corrected chi connectivity index (χ2v) is 5.17. The summed E-state index contributed by atoms with van der Waals surface area (Å²) >= 11 is 0. The molecule has 0 heterocycles. The molecule has 1 N–H and O–H groups in total. The zero-order chi connectivity index (χ0) is 15.9. The maximum atomic E-state index is 12.0. The summed E-state index contributed by atoms with van der Waals surface area (Å²) in [4.78, 5) is 25.4. The molecule has 114 valence electrons. The van der Waals surface area contributed by atoms with Crippen molar-refractivity contribution in [3.05, 3.63) is 60.2 Å². The molecular formula is C18H20N2O2. The van der Waals surface area contributed by atoms with E-state index >= 15 is 0 Å². The smallest absolute Gasteiger partial charge is 0.226 e. The third-order valence-electron chi connectivity index (χ3n) is 3.31. The van der Waals surface area contributed by atoms with Crippen LogP contribution in [0.25, 0.3) is 0 Å². The molecule has 2 amide bonds. The molecular weight excluding hydrogens is 276 g/mol. The quantitative estimate of drug-likeness (QED) is 0.919. The van der Waals surface area contributed by atoms with Crippen molar-refractivity contribution in [3.63, 3.8) is 0 Å². The minimum atomic E-state index is -0.104. The summed E-state index contributed by atoms with van der Waals surface area (Å²) in [5, 5.41) is 2.85. The Morgan fingerprint density at radius 2 is 1.77 bits per heavy atom. The van der Waals surface area contributed by atoms with Crippen LogP contribution in [0.15, 0.2) is 54.6 Å². The third-order valence-corrected chi connectivity index (χ3v) is 3.31. The molecule has 2 rings (SSSR count). The summed E-state index contributed by atoms with van der Waals surface area (Å²) in [6.45, 7) is 3.84. The zero-order valence-electron chi connectivity index (χ0n) is 12.9. The Morgan fingerprint density at radius 1 is 1.05 bits per heavy atom. The van der Waals surface area contributed by atoms with E-state index in [-0.39, 0.29) is 18.2 Å². The zero-order valence-corrected chi connectivity index (χ0v) is 12.9. The molecule has 0 aliphatic carbocycles.